The van der Waals surface area contributed by atoms with Gasteiger partial charge in [0.1, 0.15) is 0 Å². The first kappa shape index (κ1) is 12.0. The Balaban J connectivity index is 1.84. The Morgan fingerprint density at radius 2 is 1.94 bits per heavy atom. The maximum Gasteiger partial charge on any atom is 0.244 e. The standard InChI is InChI=1S/C14H13N3O/c18-14(10-12-6-2-1-3-7-12)17-16-11-13-8-4-5-9-15-13/h1-9,11H,10H2,(H,17,18)/b16-11-. The molecule has 90 valence electrons. The van der Waals surface area contributed by atoms with Crippen LogP contribution in [0, 0.1) is 0 Å². The third-order valence-corrected chi connectivity index (χ3v) is 2.28. The zero-order valence-corrected chi connectivity index (χ0v) is 9.78. The topological polar surface area (TPSA) is 54.4 Å². The summed E-state index contributed by atoms with van der Waals surface area (Å²) in [7, 11) is 0. The second-order valence-corrected chi connectivity index (χ2v) is 3.71. The molecule has 1 heterocycles. The summed E-state index contributed by atoms with van der Waals surface area (Å²) in [5, 5.41) is 3.85. The molecule has 2 aromatic rings. The van der Waals surface area contributed by atoms with Gasteiger partial charge < -0.3 is 0 Å². The molecule has 4 heteroatoms. The van der Waals surface area contributed by atoms with Crippen LogP contribution in [-0.2, 0) is 11.2 Å². The minimum absolute atomic E-state index is 0.145. The number of hydrogen-bond acceptors (Lipinski definition) is 3. The Morgan fingerprint density at radius 1 is 1.17 bits per heavy atom. The first-order chi connectivity index (χ1) is 8.84. The van der Waals surface area contributed by atoms with Gasteiger partial charge >= 0.3 is 0 Å². The molecule has 0 unspecified atom stereocenters. The summed E-state index contributed by atoms with van der Waals surface area (Å²) in [5.74, 6) is -0.145. The minimum atomic E-state index is -0.145. The van der Waals surface area contributed by atoms with Crippen molar-refractivity contribution in [2.75, 3.05) is 0 Å². The maximum atomic E-state index is 11.6. The summed E-state index contributed by atoms with van der Waals surface area (Å²) in [6, 6.07) is 15.0. The van der Waals surface area contributed by atoms with Crippen molar-refractivity contribution in [1.29, 1.82) is 0 Å². The van der Waals surface area contributed by atoms with Gasteiger partial charge in [0.05, 0.1) is 18.3 Å². The van der Waals surface area contributed by atoms with Crippen molar-refractivity contribution < 1.29 is 4.79 Å². The van der Waals surface area contributed by atoms with Crippen molar-refractivity contribution in [2.24, 2.45) is 5.10 Å². The van der Waals surface area contributed by atoms with Crippen molar-refractivity contribution in [3.63, 3.8) is 0 Å². The molecule has 2 rings (SSSR count). The van der Waals surface area contributed by atoms with Crippen LogP contribution in [0.25, 0.3) is 0 Å². The molecule has 1 amide bonds. The molecule has 18 heavy (non-hydrogen) atoms. The van der Waals surface area contributed by atoms with Gasteiger partial charge in [0.15, 0.2) is 0 Å². The highest BCUT2D eigenvalue weighted by Gasteiger charge is 2.00. The number of rotatable bonds is 4. The monoisotopic (exact) mass is 239 g/mol. The van der Waals surface area contributed by atoms with Gasteiger partial charge in [0.25, 0.3) is 0 Å². The van der Waals surface area contributed by atoms with Gasteiger partial charge in [-0.15, -0.1) is 0 Å². The third kappa shape index (κ3) is 3.83. The predicted octanol–water partition coefficient (Wildman–Crippen LogP) is 1.77. The second-order valence-electron chi connectivity index (χ2n) is 3.71. The highest BCUT2D eigenvalue weighted by molar-refractivity contribution is 5.81. The van der Waals surface area contributed by atoms with E-state index in [1.165, 1.54) is 6.21 Å². The first-order valence-corrected chi connectivity index (χ1v) is 5.61. The Kier molecular flexibility index (Phi) is 4.19. The average molecular weight is 239 g/mol. The SMILES string of the molecule is O=C(Cc1ccccc1)N/N=C\c1ccccn1. The minimum Gasteiger partial charge on any atom is -0.273 e. The van der Waals surface area contributed by atoms with Crippen molar-refractivity contribution in [1.82, 2.24) is 10.4 Å². The molecule has 0 atom stereocenters. The molecule has 0 saturated carbocycles. The number of carbonyl (C=O) groups is 1. The summed E-state index contributed by atoms with van der Waals surface area (Å²) in [6.45, 7) is 0. The smallest absolute Gasteiger partial charge is 0.244 e. The summed E-state index contributed by atoms with van der Waals surface area (Å²) < 4.78 is 0. The van der Waals surface area contributed by atoms with E-state index < -0.39 is 0 Å². The van der Waals surface area contributed by atoms with Gasteiger partial charge in [-0.3, -0.25) is 9.78 Å². The maximum absolute atomic E-state index is 11.6. The molecule has 0 radical (unpaired) electrons. The van der Waals surface area contributed by atoms with Crippen LogP contribution in [0.1, 0.15) is 11.3 Å². The van der Waals surface area contributed by atoms with E-state index in [0.717, 1.165) is 5.56 Å². The van der Waals surface area contributed by atoms with E-state index in [-0.39, 0.29) is 5.91 Å². The van der Waals surface area contributed by atoms with Gasteiger partial charge in [-0.05, 0) is 17.7 Å². The Morgan fingerprint density at radius 3 is 2.67 bits per heavy atom. The number of hydrogen-bond donors (Lipinski definition) is 1. The van der Waals surface area contributed by atoms with Gasteiger partial charge in [-0.2, -0.15) is 5.10 Å². The fourth-order valence-electron chi connectivity index (χ4n) is 1.44. The molecular formula is C14H13N3O. The first-order valence-electron chi connectivity index (χ1n) is 5.61. The number of hydrazone groups is 1. The number of aromatic nitrogens is 1. The summed E-state index contributed by atoms with van der Waals surface area (Å²) >= 11 is 0. The molecule has 0 aliphatic rings. The van der Waals surface area contributed by atoms with Crippen LogP contribution in [0.3, 0.4) is 0 Å². The molecule has 1 aromatic heterocycles. The summed E-state index contributed by atoms with van der Waals surface area (Å²) in [6.07, 6.45) is 3.51. The van der Waals surface area contributed by atoms with Gasteiger partial charge in [-0.1, -0.05) is 36.4 Å². The molecule has 1 N–H and O–H groups in total. The van der Waals surface area contributed by atoms with Crippen LogP contribution in [0.5, 0.6) is 0 Å². The number of pyridine rings is 1. The van der Waals surface area contributed by atoms with Crippen molar-refractivity contribution in [3.05, 3.63) is 66.0 Å². The lowest BCUT2D eigenvalue weighted by Gasteiger charge is -1.99. The van der Waals surface area contributed by atoms with Gasteiger partial charge in [0, 0.05) is 6.20 Å². The highest BCUT2D eigenvalue weighted by Crippen LogP contribution is 1.98. The zero-order valence-electron chi connectivity index (χ0n) is 9.78. The summed E-state index contributed by atoms with van der Waals surface area (Å²) in [4.78, 5) is 15.6. The van der Waals surface area contributed by atoms with E-state index in [9.17, 15) is 4.79 Å². The van der Waals surface area contributed by atoms with Crippen LogP contribution in [-0.4, -0.2) is 17.1 Å². The van der Waals surface area contributed by atoms with Crippen LogP contribution < -0.4 is 5.43 Å². The van der Waals surface area contributed by atoms with Crippen molar-refractivity contribution in [3.8, 4) is 0 Å². The molecule has 0 bridgehead atoms. The molecule has 0 spiro atoms. The molecule has 0 fully saturated rings. The fourth-order valence-corrected chi connectivity index (χ4v) is 1.44. The second kappa shape index (κ2) is 6.30. The lowest BCUT2D eigenvalue weighted by Crippen LogP contribution is -2.19. The molecular weight excluding hydrogens is 226 g/mol. The summed E-state index contributed by atoms with van der Waals surface area (Å²) in [5.41, 5.74) is 4.14. The van der Waals surface area contributed by atoms with Crippen LogP contribution in [0.4, 0.5) is 0 Å². The quantitative estimate of drug-likeness (QED) is 0.653. The lowest BCUT2D eigenvalue weighted by atomic mass is 10.1. The third-order valence-electron chi connectivity index (χ3n) is 2.28. The van der Waals surface area contributed by atoms with Crippen molar-refractivity contribution >= 4 is 12.1 Å². The molecule has 0 aliphatic heterocycles. The normalized spacial score (nSPS) is 10.4. The number of carbonyl (C=O) groups excluding carboxylic acids is 1. The number of nitrogens with one attached hydrogen (secondary N) is 1. The number of amides is 1. The van der Waals surface area contributed by atoms with E-state index in [0.29, 0.717) is 12.1 Å². The van der Waals surface area contributed by atoms with E-state index in [1.54, 1.807) is 6.20 Å². The highest BCUT2D eigenvalue weighted by atomic mass is 16.2. The Labute approximate surface area is 105 Å². The van der Waals surface area contributed by atoms with Crippen molar-refractivity contribution in [2.45, 2.75) is 6.42 Å². The fraction of sp³-hybridized carbons (Fsp3) is 0.0714. The van der Waals surface area contributed by atoms with Gasteiger partial charge in [-0.25, -0.2) is 5.43 Å². The van der Waals surface area contributed by atoms with Crippen LogP contribution >= 0.6 is 0 Å². The number of benzene rings is 1. The molecule has 0 saturated heterocycles. The largest absolute Gasteiger partial charge is 0.273 e. The van der Waals surface area contributed by atoms with E-state index in [1.807, 2.05) is 48.5 Å². The van der Waals surface area contributed by atoms with Crippen LogP contribution in [0.15, 0.2) is 59.8 Å². The molecule has 0 aliphatic carbocycles. The molecule has 1 aromatic carbocycles. The van der Waals surface area contributed by atoms with E-state index in [2.05, 4.69) is 15.5 Å². The van der Waals surface area contributed by atoms with E-state index in [4.69, 9.17) is 0 Å². The molecule has 4 nitrogen and oxygen atoms in total. The average Bonchev–Trinajstić information content (AvgIpc) is 2.41. The predicted molar refractivity (Wildman–Crippen MR) is 70.1 cm³/mol. The van der Waals surface area contributed by atoms with E-state index >= 15 is 0 Å². The van der Waals surface area contributed by atoms with Gasteiger partial charge in [0.2, 0.25) is 5.91 Å². The Bertz CT molecular complexity index is 523. The Hall–Kier alpha value is -2.49. The zero-order chi connectivity index (χ0) is 12.6. The number of nitrogens with zero attached hydrogens (tertiary/aromatic N) is 2. The van der Waals surface area contributed by atoms with Crippen LogP contribution in [0.2, 0.25) is 0 Å². The lowest BCUT2D eigenvalue weighted by molar-refractivity contribution is -0.120.